The van der Waals surface area contributed by atoms with Crippen LogP contribution in [0, 0.1) is 0 Å². The lowest BCUT2D eigenvalue weighted by Gasteiger charge is -2.14. The number of carbonyl (C=O) groups is 3. The average molecular weight is 488 g/mol. The van der Waals surface area contributed by atoms with Crippen molar-refractivity contribution in [2.45, 2.75) is 12.1 Å². The zero-order chi connectivity index (χ0) is 24.9. The Hall–Kier alpha value is -4.24. The number of rotatable bonds is 7. The first-order chi connectivity index (χ1) is 16.9. The molecule has 3 aromatic carbocycles. The summed E-state index contributed by atoms with van der Waals surface area (Å²) in [7, 11) is 1.28. The van der Waals surface area contributed by atoms with E-state index in [-0.39, 0.29) is 33.7 Å². The largest absolute Gasteiger partial charge is 0.465 e. The van der Waals surface area contributed by atoms with E-state index < -0.39 is 5.97 Å². The fourth-order valence-electron chi connectivity index (χ4n) is 3.53. The zero-order valence-corrected chi connectivity index (χ0v) is 19.8. The number of amides is 1. The van der Waals surface area contributed by atoms with Gasteiger partial charge in [0.1, 0.15) is 0 Å². The molecular formula is C26H21N3O5S. The van der Waals surface area contributed by atoms with Crippen LogP contribution in [0.4, 0.5) is 5.69 Å². The van der Waals surface area contributed by atoms with Crippen molar-refractivity contribution in [1.82, 2.24) is 9.55 Å². The van der Waals surface area contributed by atoms with Gasteiger partial charge in [0.05, 0.1) is 40.7 Å². The van der Waals surface area contributed by atoms with Gasteiger partial charge in [0.2, 0.25) is 5.91 Å². The molecule has 1 N–H and O–H groups in total. The second-order valence-electron chi connectivity index (χ2n) is 7.53. The average Bonchev–Trinajstić information content (AvgIpc) is 2.87. The van der Waals surface area contributed by atoms with E-state index in [0.717, 1.165) is 11.8 Å². The van der Waals surface area contributed by atoms with Crippen LogP contribution in [0.15, 0.2) is 82.7 Å². The van der Waals surface area contributed by atoms with Gasteiger partial charge in [0.25, 0.3) is 5.56 Å². The summed E-state index contributed by atoms with van der Waals surface area (Å²) in [4.78, 5) is 54.5. The van der Waals surface area contributed by atoms with E-state index in [1.807, 2.05) is 6.07 Å². The lowest BCUT2D eigenvalue weighted by Crippen LogP contribution is -2.23. The van der Waals surface area contributed by atoms with Gasteiger partial charge in [-0.15, -0.1) is 0 Å². The molecule has 0 spiro atoms. The van der Waals surface area contributed by atoms with E-state index in [4.69, 9.17) is 4.74 Å². The number of ether oxygens (including phenoxy) is 1. The highest BCUT2D eigenvalue weighted by Crippen LogP contribution is 2.23. The molecule has 4 aromatic rings. The van der Waals surface area contributed by atoms with Crippen molar-refractivity contribution in [2.24, 2.45) is 0 Å². The van der Waals surface area contributed by atoms with Crippen molar-refractivity contribution in [3.63, 3.8) is 0 Å². The molecular weight excluding hydrogens is 466 g/mol. The third-order valence-corrected chi connectivity index (χ3v) is 6.13. The normalized spacial score (nSPS) is 10.7. The number of nitrogens with zero attached hydrogens (tertiary/aromatic N) is 2. The minimum atomic E-state index is -0.543. The van der Waals surface area contributed by atoms with E-state index in [1.54, 1.807) is 48.5 Å². The third-order valence-electron chi connectivity index (χ3n) is 5.19. The third kappa shape index (κ3) is 5.15. The standard InChI is InChI=1S/C26H21N3O5S/c1-16(30)19-10-6-7-11-21(19)27-23(31)15-35-26-28-22-14-17(25(33)34-2)12-13-20(22)24(32)29(26)18-8-4-3-5-9-18/h3-14H,15H2,1-2H3,(H,27,31). The predicted octanol–water partition coefficient (Wildman–Crippen LogP) is 4.11. The van der Waals surface area contributed by atoms with E-state index >= 15 is 0 Å². The number of esters is 1. The first-order valence-corrected chi connectivity index (χ1v) is 11.6. The lowest BCUT2D eigenvalue weighted by molar-refractivity contribution is -0.113. The van der Waals surface area contributed by atoms with Crippen LogP contribution < -0.4 is 10.9 Å². The van der Waals surface area contributed by atoms with Gasteiger partial charge < -0.3 is 10.1 Å². The Labute approximate surface area is 204 Å². The van der Waals surface area contributed by atoms with Gasteiger partial charge in [-0.3, -0.25) is 19.0 Å². The SMILES string of the molecule is COC(=O)c1ccc2c(=O)n(-c3ccccc3)c(SCC(=O)Nc3ccccc3C(C)=O)nc2c1. The molecule has 1 heterocycles. The van der Waals surface area contributed by atoms with Crippen LogP contribution in [-0.2, 0) is 9.53 Å². The fraction of sp³-hybridized carbons (Fsp3) is 0.115. The number of nitrogens with one attached hydrogen (secondary N) is 1. The number of hydrogen-bond acceptors (Lipinski definition) is 7. The molecule has 176 valence electrons. The first kappa shape index (κ1) is 23.9. The smallest absolute Gasteiger partial charge is 0.337 e. The number of Topliss-reactive ketones (excluding diaryl/α,β-unsaturated/α-hetero) is 1. The second-order valence-corrected chi connectivity index (χ2v) is 8.48. The number of fused-ring (bicyclic) bond motifs is 1. The molecule has 4 rings (SSSR count). The minimum Gasteiger partial charge on any atom is -0.465 e. The number of benzene rings is 3. The minimum absolute atomic E-state index is 0.0618. The lowest BCUT2D eigenvalue weighted by atomic mass is 10.1. The summed E-state index contributed by atoms with van der Waals surface area (Å²) in [6.45, 7) is 1.43. The molecule has 0 atom stereocenters. The molecule has 0 bridgehead atoms. The predicted molar refractivity (Wildman–Crippen MR) is 134 cm³/mol. The number of ketones is 1. The number of aromatic nitrogens is 2. The van der Waals surface area contributed by atoms with Crippen LogP contribution in [0.2, 0.25) is 0 Å². The Balaban J connectivity index is 1.71. The Morgan fingerprint density at radius 1 is 1.00 bits per heavy atom. The van der Waals surface area contributed by atoms with Gasteiger partial charge in [-0.1, -0.05) is 42.1 Å². The van der Waals surface area contributed by atoms with Gasteiger partial charge in [-0.05, 0) is 49.4 Å². The van der Waals surface area contributed by atoms with Crippen LogP contribution in [-0.4, -0.2) is 40.1 Å². The molecule has 0 saturated carbocycles. The molecule has 0 aliphatic heterocycles. The monoisotopic (exact) mass is 487 g/mol. The van der Waals surface area contributed by atoms with Crippen molar-refractivity contribution >= 4 is 46.0 Å². The van der Waals surface area contributed by atoms with E-state index in [2.05, 4.69) is 10.3 Å². The van der Waals surface area contributed by atoms with Crippen molar-refractivity contribution in [3.8, 4) is 5.69 Å². The van der Waals surface area contributed by atoms with Gasteiger partial charge in [-0.25, -0.2) is 9.78 Å². The van der Waals surface area contributed by atoms with Crippen LogP contribution in [0.1, 0.15) is 27.6 Å². The van der Waals surface area contributed by atoms with E-state index in [1.165, 1.54) is 36.8 Å². The van der Waals surface area contributed by atoms with Crippen LogP contribution in [0.3, 0.4) is 0 Å². The Morgan fingerprint density at radius 2 is 1.71 bits per heavy atom. The summed E-state index contributed by atoms with van der Waals surface area (Å²) >= 11 is 1.07. The summed E-state index contributed by atoms with van der Waals surface area (Å²) in [5.74, 6) is -1.13. The van der Waals surface area contributed by atoms with Gasteiger partial charge >= 0.3 is 5.97 Å². The summed E-state index contributed by atoms with van der Waals surface area (Å²) in [5.41, 5.74) is 1.66. The number of methoxy groups -OCH3 is 1. The zero-order valence-electron chi connectivity index (χ0n) is 19.0. The quantitative estimate of drug-likeness (QED) is 0.181. The maximum absolute atomic E-state index is 13.4. The molecule has 35 heavy (non-hydrogen) atoms. The van der Waals surface area contributed by atoms with Crippen LogP contribution >= 0.6 is 11.8 Å². The molecule has 0 radical (unpaired) electrons. The maximum atomic E-state index is 13.4. The summed E-state index contributed by atoms with van der Waals surface area (Å²) in [5, 5.41) is 3.36. The first-order valence-electron chi connectivity index (χ1n) is 10.6. The summed E-state index contributed by atoms with van der Waals surface area (Å²) in [6, 6.07) is 20.3. The van der Waals surface area contributed by atoms with Gasteiger partial charge in [0.15, 0.2) is 10.9 Å². The number of anilines is 1. The molecule has 8 nitrogen and oxygen atoms in total. The number of carbonyl (C=O) groups excluding carboxylic acids is 3. The highest BCUT2D eigenvalue weighted by Gasteiger charge is 2.17. The second kappa shape index (κ2) is 10.4. The number of thioether (sulfide) groups is 1. The Bertz CT molecular complexity index is 1500. The van der Waals surface area contributed by atoms with E-state index in [9.17, 15) is 19.2 Å². The molecule has 0 saturated heterocycles. The van der Waals surface area contributed by atoms with Crippen LogP contribution in [0.5, 0.6) is 0 Å². The highest BCUT2D eigenvalue weighted by atomic mass is 32.2. The number of para-hydroxylation sites is 2. The molecule has 0 fully saturated rings. The van der Waals surface area contributed by atoms with Crippen molar-refractivity contribution < 1.29 is 19.1 Å². The van der Waals surface area contributed by atoms with Crippen molar-refractivity contribution in [2.75, 3.05) is 18.2 Å². The topological polar surface area (TPSA) is 107 Å². The molecule has 1 aromatic heterocycles. The highest BCUT2D eigenvalue weighted by molar-refractivity contribution is 7.99. The summed E-state index contributed by atoms with van der Waals surface area (Å²) < 4.78 is 6.20. The van der Waals surface area contributed by atoms with Crippen LogP contribution in [0.25, 0.3) is 16.6 Å². The molecule has 0 unspecified atom stereocenters. The Kier molecular flexibility index (Phi) is 7.07. The van der Waals surface area contributed by atoms with Gasteiger partial charge in [0, 0.05) is 5.56 Å². The fourth-order valence-corrected chi connectivity index (χ4v) is 4.34. The Morgan fingerprint density at radius 3 is 2.43 bits per heavy atom. The molecule has 1 amide bonds. The number of hydrogen-bond donors (Lipinski definition) is 1. The maximum Gasteiger partial charge on any atom is 0.337 e. The van der Waals surface area contributed by atoms with E-state index in [0.29, 0.717) is 27.8 Å². The molecule has 0 aliphatic carbocycles. The van der Waals surface area contributed by atoms with Crippen molar-refractivity contribution in [3.05, 3.63) is 94.3 Å². The van der Waals surface area contributed by atoms with Gasteiger partial charge in [-0.2, -0.15) is 0 Å². The molecule has 0 aliphatic rings. The molecule has 9 heteroatoms. The summed E-state index contributed by atoms with van der Waals surface area (Å²) in [6.07, 6.45) is 0. The van der Waals surface area contributed by atoms with Crippen molar-refractivity contribution in [1.29, 1.82) is 0 Å².